The van der Waals surface area contributed by atoms with Crippen molar-refractivity contribution in [2.75, 3.05) is 13.7 Å². The van der Waals surface area contributed by atoms with Crippen LogP contribution in [-0.4, -0.2) is 30.4 Å². The number of carbonyl (C=O) groups is 2. The number of dihydropyridines is 1. The zero-order valence-corrected chi connectivity index (χ0v) is 20.0. The van der Waals surface area contributed by atoms with Gasteiger partial charge in [-0.25, -0.2) is 4.79 Å². The van der Waals surface area contributed by atoms with Gasteiger partial charge in [-0.2, -0.15) is 0 Å². The summed E-state index contributed by atoms with van der Waals surface area (Å²) in [4.78, 5) is 37.4. The number of carbonyl (C=O) groups excluding carboxylic acids is 2. The van der Waals surface area contributed by atoms with Crippen molar-refractivity contribution in [2.24, 2.45) is 0 Å². The average molecular weight is 477 g/mol. The molecule has 2 aliphatic rings. The largest absolute Gasteiger partial charge is 0.496 e. The molecule has 0 amide bonds. The van der Waals surface area contributed by atoms with E-state index in [-0.39, 0.29) is 30.4 Å². The molecule has 0 saturated carbocycles. The standard InChI is InChI=1S/C27H28N2O6/c1-4-13-35-27(31)24-16(2)28-21-14-18(20-7-5-6-8-23(20)34-3)15-22(30)26(21)25(24)17-9-11-19(12-10-17)29(32)33/h5-12,18,25,28H,4,13-15H2,1-3H3/t18-,25+/m1/s1. The molecule has 1 aliphatic carbocycles. The number of benzene rings is 2. The molecule has 4 rings (SSSR count). The second-order valence-corrected chi connectivity index (χ2v) is 8.74. The van der Waals surface area contributed by atoms with Crippen LogP contribution < -0.4 is 10.1 Å². The number of nitro groups is 1. The molecule has 2 atom stereocenters. The Morgan fingerprint density at radius 1 is 1.14 bits per heavy atom. The van der Waals surface area contributed by atoms with E-state index in [0.717, 1.165) is 17.0 Å². The molecule has 2 aromatic carbocycles. The van der Waals surface area contributed by atoms with Gasteiger partial charge in [0, 0.05) is 47.4 Å². The predicted molar refractivity (Wildman–Crippen MR) is 130 cm³/mol. The highest BCUT2D eigenvalue weighted by Gasteiger charge is 2.41. The molecule has 0 aromatic heterocycles. The summed E-state index contributed by atoms with van der Waals surface area (Å²) >= 11 is 0. The first-order valence-electron chi connectivity index (χ1n) is 11.6. The Bertz CT molecular complexity index is 1230. The number of nitrogens with zero attached hydrogens (tertiary/aromatic N) is 1. The summed E-state index contributed by atoms with van der Waals surface area (Å²) in [5.74, 6) is -0.586. The number of hydrogen-bond acceptors (Lipinski definition) is 7. The van der Waals surface area contributed by atoms with Crippen molar-refractivity contribution >= 4 is 17.4 Å². The lowest BCUT2D eigenvalue weighted by Gasteiger charge is -2.37. The molecule has 8 heteroatoms. The van der Waals surface area contributed by atoms with Crippen LogP contribution in [0, 0.1) is 10.1 Å². The van der Waals surface area contributed by atoms with Crippen LogP contribution in [0.1, 0.15) is 56.1 Å². The van der Waals surface area contributed by atoms with Gasteiger partial charge in [0.1, 0.15) is 5.75 Å². The van der Waals surface area contributed by atoms with Crippen LogP contribution in [0.4, 0.5) is 5.69 Å². The second-order valence-electron chi connectivity index (χ2n) is 8.74. The first-order chi connectivity index (χ1) is 16.8. The van der Waals surface area contributed by atoms with Gasteiger partial charge in [0.15, 0.2) is 5.78 Å². The van der Waals surface area contributed by atoms with Crippen molar-refractivity contribution in [2.45, 2.75) is 44.9 Å². The normalized spacial score (nSPS) is 19.7. The molecule has 0 spiro atoms. The highest BCUT2D eigenvalue weighted by molar-refractivity contribution is 6.04. The van der Waals surface area contributed by atoms with E-state index >= 15 is 0 Å². The van der Waals surface area contributed by atoms with Gasteiger partial charge in [-0.3, -0.25) is 14.9 Å². The Morgan fingerprint density at radius 3 is 2.51 bits per heavy atom. The summed E-state index contributed by atoms with van der Waals surface area (Å²) in [5, 5.41) is 14.5. The van der Waals surface area contributed by atoms with Crippen LogP contribution in [0.25, 0.3) is 0 Å². The molecule has 0 fully saturated rings. The quantitative estimate of drug-likeness (QED) is 0.343. The monoisotopic (exact) mass is 476 g/mol. The maximum absolute atomic E-state index is 13.6. The molecule has 2 aromatic rings. The number of esters is 1. The van der Waals surface area contributed by atoms with Gasteiger partial charge in [-0.05, 0) is 37.0 Å². The number of hydrogen-bond donors (Lipinski definition) is 1. The molecule has 1 heterocycles. The van der Waals surface area contributed by atoms with Crippen LogP contribution in [-0.2, 0) is 14.3 Å². The second kappa shape index (κ2) is 10.1. The Morgan fingerprint density at radius 2 is 1.86 bits per heavy atom. The van der Waals surface area contributed by atoms with Gasteiger partial charge < -0.3 is 14.8 Å². The maximum Gasteiger partial charge on any atom is 0.336 e. The maximum atomic E-state index is 13.6. The lowest BCUT2D eigenvalue weighted by Crippen LogP contribution is -2.36. The minimum absolute atomic E-state index is 0.0566. The van der Waals surface area contributed by atoms with Crippen molar-refractivity contribution in [1.29, 1.82) is 0 Å². The Kier molecular flexibility index (Phi) is 7.00. The number of rotatable bonds is 7. The number of nitro benzene ring substituents is 1. The number of para-hydroxylation sites is 1. The van der Waals surface area contributed by atoms with E-state index in [0.29, 0.717) is 35.2 Å². The van der Waals surface area contributed by atoms with Gasteiger partial charge in [0.2, 0.25) is 0 Å². The zero-order chi connectivity index (χ0) is 25.1. The number of Topliss-reactive ketones (excluding diaryl/α,β-unsaturated/α-hetero) is 1. The summed E-state index contributed by atoms with van der Waals surface area (Å²) in [6.45, 7) is 3.96. The van der Waals surface area contributed by atoms with E-state index in [4.69, 9.17) is 9.47 Å². The summed E-state index contributed by atoms with van der Waals surface area (Å²) in [7, 11) is 1.61. The predicted octanol–water partition coefficient (Wildman–Crippen LogP) is 4.92. The summed E-state index contributed by atoms with van der Waals surface area (Å²) < 4.78 is 11.0. The highest BCUT2D eigenvalue weighted by Crippen LogP contribution is 2.47. The van der Waals surface area contributed by atoms with Gasteiger partial charge in [0.25, 0.3) is 5.69 Å². The molecule has 0 bridgehead atoms. The Balaban J connectivity index is 1.79. The zero-order valence-electron chi connectivity index (χ0n) is 20.0. The number of allylic oxidation sites excluding steroid dienone is 3. The topological polar surface area (TPSA) is 108 Å². The van der Waals surface area contributed by atoms with E-state index in [1.54, 1.807) is 26.2 Å². The Hall–Kier alpha value is -3.94. The van der Waals surface area contributed by atoms with Crippen LogP contribution >= 0.6 is 0 Å². The van der Waals surface area contributed by atoms with Crippen molar-refractivity contribution in [3.8, 4) is 5.75 Å². The van der Waals surface area contributed by atoms with Crippen LogP contribution in [0.2, 0.25) is 0 Å². The summed E-state index contributed by atoms with van der Waals surface area (Å²) in [6.07, 6.45) is 1.50. The fourth-order valence-corrected chi connectivity index (χ4v) is 4.93. The molecule has 1 aliphatic heterocycles. The molecule has 8 nitrogen and oxygen atoms in total. The molecule has 182 valence electrons. The SMILES string of the molecule is CCCOC(=O)C1=C(C)NC2=C(C(=O)C[C@H](c3ccccc3OC)C2)[C@H]1c1ccc([N+](=O)[O-])cc1. The third kappa shape index (κ3) is 4.69. The summed E-state index contributed by atoms with van der Waals surface area (Å²) in [6, 6.07) is 13.7. The number of ketones is 1. The molecular weight excluding hydrogens is 448 g/mol. The van der Waals surface area contributed by atoms with Crippen molar-refractivity contribution in [3.05, 3.63) is 92.3 Å². The third-order valence-electron chi connectivity index (χ3n) is 6.50. The minimum Gasteiger partial charge on any atom is -0.496 e. The van der Waals surface area contributed by atoms with Crippen LogP contribution in [0.5, 0.6) is 5.75 Å². The van der Waals surface area contributed by atoms with Crippen molar-refractivity contribution in [1.82, 2.24) is 5.32 Å². The number of nitrogens with one attached hydrogen (secondary N) is 1. The van der Waals surface area contributed by atoms with E-state index in [1.807, 2.05) is 31.2 Å². The molecule has 0 radical (unpaired) electrons. The Labute approximate surface area is 203 Å². The lowest BCUT2D eigenvalue weighted by atomic mass is 9.71. The highest BCUT2D eigenvalue weighted by atomic mass is 16.6. The van der Waals surface area contributed by atoms with Crippen LogP contribution in [0.3, 0.4) is 0 Å². The van der Waals surface area contributed by atoms with Gasteiger partial charge in [0.05, 0.1) is 24.2 Å². The molecule has 35 heavy (non-hydrogen) atoms. The fraction of sp³-hybridized carbons (Fsp3) is 0.333. The number of methoxy groups -OCH3 is 1. The van der Waals surface area contributed by atoms with E-state index in [1.165, 1.54) is 12.1 Å². The first-order valence-corrected chi connectivity index (χ1v) is 11.6. The smallest absolute Gasteiger partial charge is 0.336 e. The number of ether oxygens (including phenoxy) is 2. The number of non-ortho nitro benzene ring substituents is 1. The molecular formula is C27H28N2O6. The summed E-state index contributed by atoms with van der Waals surface area (Å²) in [5.41, 5.74) is 3.77. The first kappa shape index (κ1) is 24.2. The van der Waals surface area contributed by atoms with Crippen molar-refractivity contribution < 1.29 is 24.0 Å². The minimum atomic E-state index is -0.664. The van der Waals surface area contributed by atoms with E-state index in [2.05, 4.69) is 5.32 Å². The fourth-order valence-electron chi connectivity index (χ4n) is 4.93. The lowest BCUT2D eigenvalue weighted by molar-refractivity contribution is -0.384. The van der Waals surface area contributed by atoms with E-state index < -0.39 is 16.8 Å². The van der Waals surface area contributed by atoms with E-state index in [9.17, 15) is 19.7 Å². The van der Waals surface area contributed by atoms with Crippen LogP contribution in [0.15, 0.2) is 71.1 Å². The van der Waals surface area contributed by atoms with Crippen molar-refractivity contribution in [3.63, 3.8) is 0 Å². The van der Waals surface area contributed by atoms with Gasteiger partial charge in [-0.15, -0.1) is 0 Å². The van der Waals surface area contributed by atoms with Gasteiger partial charge in [-0.1, -0.05) is 37.3 Å². The van der Waals surface area contributed by atoms with Gasteiger partial charge >= 0.3 is 5.97 Å². The molecule has 0 unspecified atom stereocenters. The third-order valence-corrected chi connectivity index (χ3v) is 6.50. The average Bonchev–Trinajstić information content (AvgIpc) is 2.86. The molecule has 1 N–H and O–H groups in total. The molecule has 0 saturated heterocycles.